The van der Waals surface area contributed by atoms with Crippen LogP contribution in [0.15, 0.2) is 30.3 Å². The van der Waals surface area contributed by atoms with E-state index in [1.807, 2.05) is 30.3 Å². The number of hydrogen-bond acceptors (Lipinski definition) is 2. The van der Waals surface area contributed by atoms with E-state index in [0.29, 0.717) is 0 Å². The normalized spacial score (nSPS) is 19.7. The lowest BCUT2D eigenvalue weighted by Crippen LogP contribution is -2.44. The third-order valence-corrected chi connectivity index (χ3v) is 3.56. The average molecular weight is 244 g/mol. The Bertz CT molecular complexity index is 421. The van der Waals surface area contributed by atoms with Crippen LogP contribution in [-0.2, 0) is 4.74 Å². The SMILES string of the molecule is COC(C#Cc1ccccc1)C1(O)CCCCC1. The largest absolute Gasteiger partial charge is 0.386 e. The highest BCUT2D eigenvalue weighted by atomic mass is 16.5. The van der Waals surface area contributed by atoms with Gasteiger partial charge >= 0.3 is 0 Å². The van der Waals surface area contributed by atoms with E-state index in [9.17, 15) is 5.11 Å². The Hall–Kier alpha value is -1.30. The number of aliphatic hydroxyl groups is 1. The second kappa shape index (κ2) is 6.04. The molecular weight excluding hydrogens is 224 g/mol. The molecule has 1 aliphatic carbocycles. The van der Waals surface area contributed by atoms with Crippen LogP contribution in [-0.4, -0.2) is 23.9 Å². The van der Waals surface area contributed by atoms with Crippen molar-refractivity contribution in [3.63, 3.8) is 0 Å². The van der Waals surface area contributed by atoms with Gasteiger partial charge in [-0.2, -0.15) is 0 Å². The highest BCUT2D eigenvalue weighted by Crippen LogP contribution is 2.31. The molecule has 1 N–H and O–H groups in total. The van der Waals surface area contributed by atoms with Crippen molar-refractivity contribution in [2.75, 3.05) is 7.11 Å². The molecule has 1 aromatic carbocycles. The van der Waals surface area contributed by atoms with Gasteiger partial charge in [-0.15, -0.1) is 0 Å². The van der Waals surface area contributed by atoms with Crippen LogP contribution in [0.1, 0.15) is 37.7 Å². The van der Waals surface area contributed by atoms with E-state index < -0.39 is 11.7 Å². The maximum atomic E-state index is 10.6. The smallest absolute Gasteiger partial charge is 0.146 e. The lowest BCUT2D eigenvalue weighted by atomic mass is 9.81. The molecule has 0 aromatic heterocycles. The Kier molecular flexibility index (Phi) is 4.41. The molecule has 0 heterocycles. The third-order valence-electron chi connectivity index (χ3n) is 3.56. The predicted molar refractivity (Wildman–Crippen MR) is 72.2 cm³/mol. The molecule has 0 saturated heterocycles. The summed E-state index contributed by atoms with van der Waals surface area (Å²) < 4.78 is 5.39. The van der Waals surface area contributed by atoms with Gasteiger partial charge < -0.3 is 9.84 Å². The predicted octanol–water partition coefficient (Wildman–Crippen LogP) is 2.75. The van der Waals surface area contributed by atoms with Crippen molar-refractivity contribution in [3.05, 3.63) is 35.9 Å². The van der Waals surface area contributed by atoms with E-state index in [1.54, 1.807) is 7.11 Å². The molecular formula is C16H20O2. The van der Waals surface area contributed by atoms with E-state index in [2.05, 4.69) is 11.8 Å². The number of hydrogen-bond donors (Lipinski definition) is 1. The lowest BCUT2D eigenvalue weighted by molar-refractivity contribution is -0.0873. The van der Waals surface area contributed by atoms with E-state index in [1.165, 1.54) is 6.42 Å². The first kappa shape index (κ1) is 13.1. The fraction of sp³-hybridized carbons (Fsp3) is 0.500. The Labute approximate surface area is 109 Å². The molecule has 0 bridgehead atoms. The van der Waals surface area contributed by atoms with Crippen LogP contribution in [0.3, 0.4) is 0 Å². The summed E-state index contributed by atoms with van der Waals surface area (Å²) >= 11 is 0. The number of methoxy groups -OCH3 is 1. The van der Waals surface area contributed by atoms with Gasteiger partial charge in [0.25, 0.3) is 0 Å². The average Bonchev–Trinajstić information content (AvgIpc) is 2.41. The summed E-state index contributed by atoms with van der Waals surface area (Å²) in [5, 5.41) is 10.6. The van der Waals surface area contributed by atoms with Crippen molar-refractivity contribution in [1.29, 1.82) is 0 Å². The van der Waals surface area contributed by atoms with Gasteiger partial charge in [0.05, 0.1) is 0 Å². The van der Waals surface area contributed by atoms with E-state index in [4.69, 9.17) is 4.74 Å². The Morgan fingerprint density at radius 2 is 1.83 bits per heavy atom. The summed E-state index contributed by atoms with van der Waals surface area (Å²) in [7, 11) is 1.62. The van der Waals surface area contributed by atoms with Gasteiger partial charge in [0.15, 0.2) is 0 Å². The molecule has 1 aromatic rings. The van der Waals surface area contributed by atoms with Crippen LogP contribution in [0.5, 0.6) is 0 Å². The van der Waals surface area contributed by atoms with Crippen LogP contribution >= 0.6 is 0 Å². The fourth-order valence-corrected chi connectivity index (χ4v) is 2.51. The van der Waals surface area contributed by atoms with Crippen molar-refractivity contribution in [2.24, 2.45) is 0 Å². The molecule has 1 aliphatic rings. The second-order valence-electron chi connectivity index (χ2n) is 4.92. The molecule has 2 rings (SSSR count). The monoisotopic (exact) mass is 244 g/mol. The van der Waals surface area contributed by atoms with Crippen molar-refractivity contribution < 1.29 is 9.84 Å². The van der Waals surface area contributed by atoms with Gasteiger partial charge in [-0.3, -0.25) is 0 Å². The van der Waals surface area contributed by atoms with Gasteiger partial charge in [-0.05, 0) is 25.0 Å². The highest BCUT2D eigenvalue weighted by molar-refractivity contribution is 5.35. The summed E-state index contributed by atoms with van der Waals surface area (Å²) in [5.74, 6) is 6.16. The van der Waals surface area contributed by atoms with Crippen LogP contribution < -0.4 is 0 Å². The molecule has 0 spiro atoms. The van der Waals surface area contributed by atoms with Crippen molar-refractivity contribution in [3.8, 4) is 11.8 Å². The van der Waals surface area contributed by atoms with Gasteiger partial charge in [0.2, 0.25) is 0 Å². The quantitative estimate of drug-likeness (QED) is 0.811. The minimum atomic E-state index is -0.769. The first-order valence-corrected chi connectivity index (χ1v) is 6.56. The molecule has 0 amide bonds. The summed E-state index contributed by atoms with van der Waals surface area (Å²) in [5.41, 5.74) is 0.188. The fourth-order valence-electron chi connectivity index (χ4n) is 2.51. The minimum absolute atomic E-state index is 0.391. The van der Waals surface area contributed by atoms with Gasteiger partial charge in [0.1, 0.15) is 11.7 Å². The molecule has 0 radical (unpaired) electrons. The Morgan fingerprint density at radius 1 is 1.17 bits per heavy atom. The van der Waals surface area contributed by atoms with E-state index in [0.717, 1.165) is 31.2 Å². The van der Waals surface area contributed by atoms with E-state index in [-0.39, 0.29) is 0 Å². The van der Waals surface area contributed by atoms with Crippen molar-refractivity contribution in [1.82, 2.24) is 0 Å². The van der Waals surface area contributed by atoms with Crippen LogP contribution in [0.25, 0.3) is 0 Å². The zero-order valence-corrected chi connectivity index (χ0v) is 10.9. The highest BCUT2D eigenvalue weighted by Gasteiger charge is 2.37. The van der Waals surface area contributed by atoms with Crippen LogP contribution in [0, 0.1) is 11.8 Å². The summed E-state index contributed by atoms with van der Waals surface area (Å²) in [6.07, 6.45) is 4.50. The standard InChI is InChI=1S/C16H20O2/c1-18-15(16(17)12-6-3-7-13-16)11-10-14-8-4-2-5-9-14/h2,4-5,8-9,15,17H,3,6-7,12-13H2,1H3. The maximum Gasteiger partial charge on any atom is 0.146 e. The Balaban J connectivity index is 2.12. The lowest BCUT2D eigenvalue weighted by Gasteiger charge is -2.35. The summed E-state index contributed by atoms with van der Waals surface area (Å²) in [6.45, 7) is 0. The Morgan fingerprint density at radius 3 is 2.44 bits per heavy atom. The molecule has 1 atom stereocenters. The summed E-state index contributed by atoms with van der Waals surface area (Å²) in [4.78, 5) is 0. The molecule has 18 heavy (non-hydrogen) atoms. The van der Waals surface area contributed by atoms with E-state index >= 15 is 0 Å². The zero-order chi connectivity index (χ0) is 12.8. The molecule has 2 heteroatoms. The molecule has 1 fully saturated rings. The molecule has 1 saturated carbocycles. The number of benzene rings is 1. The first-order valence-electron chi connectivity index (χ1n) is 6.56. The van der Waals surface area contributed by atoms with Crippen LogP contribution in [0.4, 0.5) is 0 Å². The number of rotatable bonds is 2. The van der Waals surface area contributed by atoms with Crippen LogP contribution in [0.2, 0.25) is 0 Å². The molecule has 1 unspecified atom stereocenters. The topological polar surface area (TPSA) is 29.5 Å². The summed E-state index contributed by atoms with van der Waals surface area (Å²) in [6, 6.07) is 9.81. The van der Waals surface area contributed by atoms with Crippen molar-refractivity contribution >= 4 is 0 Å². The maximum absolute atomic E-state index is 10.6. The van der Waals surface area contributed by atoms with Gasteiger partial charge in [-0.25, -0.2) is 0 Å². The first-order chi connectivity index (χ1) is 8.74. The molecule has 0 aliphatic heterocycles. The van der Waals surface area contributed by atoms with Gasteiger partial charge in [-0.1, -0.05) is 49.3 Å². The molecule has 2 nitrogen and oxygen atoms in total. The zero-order valence-electron chi connectivity index (χ0n) is 10.9. The molecule has 96 valence electrons. The van der Waals surface area contributed by atoms with Crippen molar-refractivity contribution in [2.45, 2.75) is 43.8 Å². The van der Waals surface area contributed by atoms with Gasteiger partial charge in [0, 0.05) is 12.7 Å². The third kappa shape index (κ3) is 3.13. The second-order valence-corrected chi connectivity index (χ2v) is 4.92. The minimum Gasteiger partial charge on any atom is -0.386 e. The number of ether oxygens (including phenoxy) is 1.